The van der Waals surface area contributed by atoms with Crippen molar-refractivity contribution in [3.05, 3.63) is 23.3 Å². The molecule has 124 valence electrons. The number of phenols is 1. The number of aromatic hydroxyl groups is 1. The van der Waals surface area contributed by atoms with Gasteiger partial charge in [-0.2, -0.15) is 0 Å². The normalized spacial score (nSPS) is 36.3. The Hall–Kier alpha value is -1.55. The molecule has 1 aliphatic heterocycles. The quantitative estimate of drug-likeness (QED) is 0.865. The molecule has 2 aliphatic carbocycles. The molecule has 2 fully saturated rings. The van der Waals surface area contributed by atoms with Crippen LogP contribution in [0.3, 0.4) is 0 Å². The van der Waals surface area contributed by atoms with Crippen molar-refractivity contribution >= 4 is 5.78 Å². The minimum Gasteiger partial charge on any atom is -0.504 e. The molecule has 1 heterocycles. The van der Waals surface area contributed by atoms with Gasteiger partial charge in [0.2, 0.25) is 0 Å². The van der Waals surface area contributed by atoms with E-state index in [1.807, 2.05) is 6.07 Å². The number of ether oxygens (including phenoxy) is 1. The number of hydrogen-bond donors (Lipinski definition) is 1. The highest BCUT2D eigenvalue weighted by Gasteiger charge is 2.59. The first-order valence-electron chi connectivity index (χ1n) is 8.63. The molecule has 1 saturated heterocycles. The van der Waals surface area contributed by atoms with E-state index in [1.165, 1.54) is 5.56 Å². The molecular weight excluding hydrogens is 290 g/mol. The van der Waals surface area contributed by atoms with Crippen molar-refractivity contribution in [2.24, 2.45) is 11.8 Å². The smallest absolute Gasteiger partial charge is 0.161 e. The largest absolute Gasteiger partial charge is 0.504 e. The number of methoxy groups -OCH3 is 1. The van der Waals surface area contributed by atoms with Gasteiger partial charge in [-0.3, -0.25) is 4.79 Å². The van der Waals surface area contributed by atoms with Gasteiger partial charge in [0.05, 0.1) is 7.11 Å². The molecule has 1 aromatic carbocycles. The first-order valence-corrected chi connectivity index (χ1v) is 8.63. The molecule has 4 nitrogen and oxygen atoms in total. The Morgan fingerprint density at radius 3 is 2.91 bits per heavy atom. The van der Waals surface area contributed by atoms with Crippen LogP contribution in [0.15, 0.2) is 12.1 Å². The number of fused-ring (bicyclic) bond motifs is 1. The average Bonchev–Trinajstić information content (AvgIpc) is 2.54. The summed E-state index contributed by atoms with van der Waals surface area (Å²) in [4.78, 5) is 15.0. The summed E-state index contributed by atoms with van der Waals surface area (Å²) in [6.07, 6.45) is 3.51. The van der Waals surface area contributed by atoms with E-state index >= 15 is 0 Å². The molecule has 2 bridgehead atoms. The van der Waals surface area contributed by atoms with E-state index in [4.69, 9.17) is 4.74 Å². The monoisotopic (exact) mass is 315 g/mol. The summed E-state index contributed by atoms with van der Waals surface area (Å²) in [5, 5.41) is 10.9. The van der Waals surface area contributed by atoms with Crippen LogP contribution in [0.1, 0.15) is 37.3 Å². The number of ketones is 1. The summed E-state index contributed by atoms with van der Waals surface area (Å²) in [5.74, 6) is 1.55. The number of carbonyl (C=O) groups is 1. The number of rotatable bonds is 1. The van der Waals surface area contributed by atoms with Gasteiger partial charge in [-0.1, -0.05) is 13.0 Å². The standard InChI is InChI=1S/C19H25NO3/c1-11-15(21)6-5-13-14-10-12-4-7-16(23-3)18(22)17(12)19(11,13)8-9-20(14)2/h4,7,11,13-14,22H,5-6,8-10H2,1-3H3. The number of likely N-dealkylation sites (N-methyl/N-ethyl adjacent to an activating group) is 1. The van der Waals surface area contributed by atoms with E-state index in [0.717, 1.165) is 31.4 Å². The van der Waals surface area contributed by atoms with Gasteiger partial charge in [0.25, 0.3) is 0 Å². The van der Waals surface area contributed by atoms with Crippen LogP contribution >= 0.6 is 0 Å². The number of benzene rings is 1. The lowest BCUT2D eigenvalue weighted by Gasteiger charge is -2.60. The molecule has 4 heteroatoms. The van der Waals surface area contributed by atoms with Crippen molar-refractivity contribution in [2.45, 2.75) is 44.1 Å². The van der Waals surface area contributed by atoms with Crippen LogP contribution in [-0.4, -0.2) is 42.5 Å². The SMILES string of the molecule is COc1ccc2c(c1O)C13CCN(C)C(C2)C1CCC(=O)C3C. The van der Waals surface area contributed by atoms with Crippen molar-refractivity contribution in [1.29, 1.82) is 0 Å². The Balaban J connectivity index is 1.99. The molecule has 0 amide bonds. The number of nitrogens with zero attached hydrogens (tertiary/aromatic N) is 1. The summed E-state index contributed by atoms with van der Waals surface area (Å²) in [7, 11) is 3.79. The first-order chi connectivity index (χ1) is 11.0. The van der Waals surface area contributed by atoms with E-state index in [9.17, 15) is 9.90 Å². The van der Waals surface area contributed by atoms with Crippen LogP contribution in [0.25, 0.3) is 0 Å². The molecule has 1 N–H and O–H groups in total. The van der Waals surface area contributed by atoms with Gasteiger partial charge in [-0.25, -0.2) is 0 Å². The van der Waals surface area contributed by atoms with Gasteiger partial charge < -0.3 is 14.7 Å². The van der Waals surface area contributed by atoms with E-state index in [1.54, 1.807) is 7.11 Å². The molecule has 3 aliphatic rings. The summed E-state index contributed by atoms with van der Waals surface area (Å²) >= 11 is 0. The topological polar surface area (TPSA) is 49.8 Å². The predicted octanol–water partition coefficient (Wildman–Crippen LogP) is 2.51. The predicted molar refractivity (Wildman–Crippen MR) is 88.0 cm³/mol. The maximum absolute atomic E-state index is 12.6. The highest BCUT2D eigenvalue weighted by atomic mass is 16.5. The van der Waals surface area contributed by atoms with Crippen molar-refractivity contribution in [3.63, 3.8) is 0 Å². The minimum absolute atomic E-state index is 0.0329. The lowest BCUT2D eigenvalue weighted by Crippen LogP contribution is -2.63. The number of piperidine rings is 1. The van der Waals surface area contributed by atoms with Crippen LogP contribution in [0.2, 0.25) is 0 Å². The molecule has 4 unspecified atom stereocenters. The second kappa shape index (κ2) is 4.97. The van der Waals surface area contributed by atoms with E-state index < -0.39 is 0 Å². The van der Waals surface area contributed by atoms with Crippen LogP contribution in [0.4, 0.5) is 0 Å². The number of carbonyl (C=O) groups excluding carboxylic acids is 1. The number of likely N-dealkylation sites (tertiary alicyclic amines) is 1. The first kappa shape index (κ1) is 15.0. The lowest BCUT2D eigenvalue weighted by molar-refractivity contribution is -0.134. The molecule has 0 spiro atoms. The van der Waals surface area contributed by atoms with Gasteiger partial charge in [0, 0.05) is 29.4 Å². The third-order valence-electron chi connectivity index (χ3n) is 6.87. The molecular formula is C19H25NO3. The van der Waals surface area contributed by atoms with Crippen molar-refractivity contribution in [2.75, 3.05) is 20.7 Å². The zero-order valence-electron chi connectivity index (χ0n) is 14.1. The zero-order valence-corrected chi connectivity index (χ0v) is 14.1. The Morgan fingerprint density at radius 2 is 2.17 bits per heavy atom. The fraction of sp³-hybridized carbons (Fsp3) is 0.632. The number of hydrogen-bond acceptors (Lipinski definition) is 4. The Bertz CT molecular complexity index is 671. The fourth-order valence-corrected chi connectivity index (χ4v) is 5.67. The van der Waals surface area contributed by atoms with Crippen LogP contribution in [0, 0.1) is 11.8 Å². The Morgan fingerprint density at radius 1 is 1.39 bits per heavy atom. The molecule has 0 aromatic heterocycles. The van der Waals surface area contributed by atoms with Gasteiger partial charge >= 0.3 is 0 Å². The summed E-state index contributed by atoms with van der Waals surface area (Å²) in [6, 6.07) is 4.42. The average molecular weight is 315 g/mol. The maximum atomic E-state index is 12.6. The molecule has 0 radical (unpaired) electrons. The molecule has 1 saturated carbocycles. The summed E-state index contributed by atoms with van der Waals surface area (Å²) < 4.78 is 5.36. The highest BCUT2D eigenvalue weighted by molar-refractivity contribution is 5.84. The van der Waals surface area contributed by atoms with Crippen LogP contribution in [-0.2, 0) is 16.6 Å². The minimum atomic E-state index is -0.223. The summed E-state index contributed by atoms with van der Waals surface area (Å²) in [6.45, 7) is 3.06. The highest BCUT2D eigenvalue weighted by Crippen LogP contribution is 2.60. The maximum Gasteiger partial charge on any atom is 0.161 e. The van der Waals surface area contributed by atoms with Gasteiger partial charge in [-0.05, 0) is 50.4 Å². The van der Waals surface area contributed by atoms with E-state index in [0.29, 0.717) is 29.9 Å². The summed E-state index contributed by atoms with van der Waals surface area (Å²) in [5.41, 5.74) is 1.98. The van der Waals surface area contributed by atoms with Gasteiger partial charge in [0.1, 0.15) is 5.78 Å². The zero-order chi connectivity index (χ0) is 16.4. The lowest BCUT2D eigenvalue weighted by atomic mass is 9.48. The Kier molecular flexibility index (Phi) is 3.24. The molecule has 23 heavy (non-hydrogen) atoms. The Labute approximate surface area is 137 Å². The van der Waals surface area contributed by atoms with Crippen molar-refractivity contribution in [1.82, 2.24) is 4.90 Å². The van der Waals surface area contributed by atoms with Gasteiger partial charge in [0.15, 0.2) is 11.5 Å². The molecule has 1 aromatic rings. The van der Waals surface area contributed by atoms with Crippen molar-refractivity contribution in [3.8, 4) is 11.5 Å². The van der Waals surface area contributed by atoms with E-state index in [-0.39, 0.29) is 17.1 Å². The third kappa shape index (κ3) is 1.78. The van der Waals surface area contributed by atoms with Crippen LogP contribution in [0.5, 0.6) is 11.5 Å². The third-order valence-corrected chi connectivity index (χ3v) is 6.87. The fourth-order valence-electron chi connectivity index (χ4n) is 5.67. The second-order valence-corrected chi connectivity index (χ2v) is 7.53. The van der Waals surface area contributed by atoms with Gasteiger partial charge in [-0.15, -0.1) is 0 Å². The number of Topliss-reactive ketones (excluding diaryl/α,β-unsaturated/α-hetero) is 1. The molecule has 4 atom stereocenters. The van der Waals surface area contributed by atoms with Crippen molar-refractivity contribution < 1.29 is 14.6 Å². The van der Waals surface area contributed by atoms with Crippen LogP contribution < -0.4 is 4.74 Å². The molecule has 4 rings (SSSR count). The van der Waals surface area contributed by atoms with E-state index in [2.05, 4.69) is 24.9 Å². The number of phenolic OH excluding ortho intramolecular Hbond substituents is 1. The second-order valence-electron chi connectivity index (χ2n) is 7.53.